The molecule has 176 valence electrons. The first-order valence-corrected chi connectivity index (χ1v) is 11.5. The number of aliphatic carboxylic acids is 1. The Hall–Kier alpha value is -2.89. The molecule has 0 aliphatic carbocycles. The van der Waals surface area contributed by atoms with Gasteiger partial charge in [0.05, 0.1) is 29.7 Å². The molecule has 1 aromatic rings. The first kappa shape index (κ1) is 23.3. The molecule has 6 atom stereocenters. The molecule has 10 nitrogen and oxygen atoms in total. The Labute approximate surface area is 194 Å². The highest BCUT2D eigenvalue weighted by Gasteiger charge is 2.60. The third-order valence-electron chi connectivity index (χ3n) is 6.39. The van der Waals surface area contributed by atoms with E-state index in [1.54, 1.807) is 12.1 Å². The summed E-state index contributed by atoms with van der Waals surface area (Å²) in [6, 6.07) is 5.07. The average Bonchev–Trinajstić information content (AvgIpc) is 3.30. The van der Waals surface area contributed by atoms with Gasteiger partial charge in [-0.2, -0.15) is 0 Å². The Morgan fingerprint density at radius 1 is 1.24 bits per heavy atom. The number of carbonyl (C=O) groups excluding carboxylic acids is 2. The van der Waals surface area contributed by atoms with Gasteiger partial charge in [-0.1, -0.05) is 13.0 Å². The van der Waals surface area contributed by atoms with Crippen molar-refractivity contribution in [3.05, 3.63) is 40.4 Å². The minimum absolute atomic E-state index is 0.0298. The first-order chi connectivity index (χ1) is 15.6. The number of thioether (sulfide) groups is 1. The third kappa shape index (κ3) is 4.11. The predicted octanol–water partition coefficient (Wildman–Crippen LogP) is 0.941. The van der Waals surface area contributed by atoms with E-state index in [9.17, 15) is 29.4 Å². The second-order valence-corrected chi connectivity index (χ2v) is 9.93. The summed E-state index contributed by atoms with van der Waals surface area (Å²) in [6.45, 7) is 3.87. The zero-order chi connectivity index (χ0) is 24.0. The molecule has 2 fully saturated rings. The summed E-state index contributed by atoms with van der Waals surface area (Å²) < 4.78 is 0. The van der Waals surface area contributed by atoms with Crippen LogP contribution in [0.25, 0.3) is 0 Å². The van der Waals surface area contributed by atoms with Crippen LogP contribution in [0.1, 0.15) is 30.6 Å². The van der Waals surface area contributed by atoms with E-state index >= 15 is 0 Å². The number of aliphatic hydroxyl groups excluding tert-OH is 1. The standard InChI is InChI=1S/C22H25N3O7S/c1-9-16-15(10(2)26)20(28)25(16)17(22(31)32)18(9)33-13-7-14(23-8-13)19(27)24-12-5-3-4-11(6-12)21(29)30/h3-6,9-10,13-16,23,26H,7-8H2,1-2H3,(H,24,27)(H,29,30)(H,31,32)/t9-,10-,13-,14-,15-,16-/m1/s1. The highest BCUT2D eigenvalue weighted by Crippen LogP contribution is 2.51. The SMILES string of the molecule is C[C@@H](O)[C@H]1C(=O)N2C(C(=O)O)=C(S[C@H]3CN[C@@H](C(=O)Nc4cccc(C(=O)O)c4)C3)[C@H](C)[C@H]12. The van der Waals surface area contributed by atoms with E-state index in [2.05, 4.69) is 10.6 Å². The van der Waals surface area contributed by atoms with Crippen LogP contribution in [-0.4, -0.2) is 74.0 Å². The van der Waals surface area contributed by atoms with E-state index < -0.39 is 30.0 Å². The van der Waals surface area contributed by atoms with Crippen molar-refractivity contribution in [2.24, 2.45) is 11.8 Å². The Morgan fingerprint density at radius 2 is 1.97 bits per heavy atom. The number of amides is 2. The molecular weight excluding hydrogens is 450 g/mol. The van der Waals surface area contributed by atoms with Crippen LogP contribution in [0.4, 0.5) is 5.69 Å². The second kappa shape index (κ2) is 8.81. The molecule has 2 saturated heterocycles. The molecular formula is C22H25N3O7S. The van der Waals surface area contributed by atoms with Crippen LogP contribution >= 0.6 is 11.8 Å². The lowest BCUT2D eigenvalue weighted by molar-refractivity contribution is -0.163. The molecule has 1 aromatic carbocycles. The van der Waals surface area contributed by atoms with Gasteiger partial charge in [0, 0.05) is 28.3 Å². The fourth-order valence-electron chi connectivity index (χ4n) is 4.81. The molecule has 0 aromatic heterocycles. The van der Waals surface area contributed by atoms with Crippen LogP contribution in [0, 0.1) is 11.8 Å². The van der Waals surface area contributed by atoms with E-state index in [1.165, 1.54) is 35.7 Å². The summed E-state index contributed by atoms with van der Waals surface area (Å²) in [6.07, 6.45) is -0.419. The minimum Gasteiger partial charge on any atom is -0.478 e. The molecule has 33 heavy (non-hydrogen) atoms. The van der Waals surface area contributed by atoms with Crippen LogP contribution in [0.5, 0.6) is 0 Å². The number of benzene rings is 1. The summed E-state index contributed by atoms with van der Waals surface area (Å²) in [5, 5.41) is 34.6. The van der Waals surface area contributed by atoms with E-state index in [0.717, 1.165) is 0 Å². The molecule has 0 saturated carbocycles. The number of carbonyl (C=O) groups is 4. The Balaban J connectivity index is 1.43. The van der Waals surface area contributed by atoms with Crippen LogP contribution < -0.4 is 10.6 Å². The summed E-state index contributed by atoms with van der Waals surface area (Å²) in [7, 11) is 0. The Bertz CT molecular complexity index is 1060. The molecule has 4 rings (SSSR count). The Morgan fingerprint density at radius 3 is 2.61 bits per heavy atom. The third-order valence-corrected chi connectivity index (χ3v) is 7.90. The van der Waals surface area contributed by atoms with Crippen molar-refractivity contribution < 1.29 is 34.5 Å². The fraction of sp³-hybridized carbons (Fsp3) is 0.455. The van der Waals surface area contributed by atoms with Gasteiger partial charge in [-0.05, 0) is 31.5 Å². The van der Waals surface area contributed by atoms with Crippen LogP contribution in [0.15, 0.2) is 34.9 Å². The first-order valence-electron chi connectivity index (χ1n) is 10.6. The van der Waals surface area contributed by atoms with Gasteiger partial charge in [-0.3, -0.25) is 9.59 Å². The molecule has 0 spiro atoms. The minimum atomic E-state index is -1.18. The van der Waals surface area contributed by atoms with Crippen molar-refractivity contribution in [1.82, 2.24) is 10.2 Å². The predicted molar refractivity (Wildman–Crippen MR) is 119 cm³/mol. The number of hydrogen-bond acceptors (Lipinski definition) is 7. The maximum absolute atomic E-state index is 12.7. The molecule has 2 amide bonds. The van der Waals surface area contributed by atoms with E-state index in [4.69, 9.17) is 5.11 Å². The van der Waals surface area contributed by atoms with Gasteiger partial charge in [-0.15, -0.1) is 11.8 Å². The van der Waals surface area contributed by atoms with Crippen LogP contribution in [0.3, 0.4) is 0 Å². The van der Waals surface area contributed by atoms with Crippen molar-refractivity contribution >= 4 is 41.2 Å². The average molecular weight is 476 g/mol. The van der Waals surface area contributed by atoms with E-state index in [1.807, 2.05) is 6.92 Å². The Kier molecular flexibility index (Phi) is 6.21. The number of carboxylic acid groups (broad SMARTS) is 2. The normalized spacial score (nSPS) is 29.5. The number of hydrogen-bond donors (Lipinski definition) is 5. The number of nitrogens with zero attached hydrogens (tertiary/aromatic N) is 1. The van der Waals surface area contributed by atoms with Crippen LogP contribution in [0.2, 0.25) is 0 Å². The van der Waals surface area contributed by atoms with Crippen molar-refractivity contribution in [2.45, 2.75) is 43.7 Å². The smallest absolute Gasteiger partial charge is 0.353 e. The highest BCUT2D eigenvalue weighted by molar-refractivity contribution is 8.03. The maximum Gasteiger partial charge on any atom is 0.353 e. The zero-order valence-electron chi connectivity index (χ0n) is 18.0. The topological polar surface area (TPSA) is 156 Å². The number of carboxylic acids is 2. The summed E-state index contributed by atoms with van der Waals surface area (Å²) in [5.74, 6) is -3.79. The number of β-lactam (4-membered cyclic amide) rings is 1. The fourth-order valence-corrected chi connectivity index (χ4v) is 6.29. The summed E-state index contributed by atoms with van der Waals surface area (Å²) in [5.41, 5.74) is 0.418. The van der Waals surface area contributed by atoms with Gasteiger partial charge in [0.15, 0.2) is 0 Å². The van der Waals surface area contributed by atoms with E-state index in [0.29, 0.717) is 23.6 Å². The van der Waals surface area contributed by atoms with Gasteiger partial charge in [0.1, 0.15) is 5.70 Å². The number of nitrogens with one attached hydrogen (secondary N) is 2. The number of anilines is 1. The van der Waals surface area contributed by atoms with Gasteiger partial charge in [0.2, 0.25) is 11.8 Å². The van der Waals surface area contributed by atoms with Gasteiger partial charge >= 0.3 is 11.9 Å². The molecule has 5 N–H and O–H groups in total. The molecule has 3 aliphatic heterocycles. The molecule has 3 heterocycles. The number of rotatable bonds is 7. The van der Waals surface area contributed by atoms with Gasteiger partial charge in [0.25, 0.3) is 0 Å². The number of fused-ring (bicyclic) bond motifs is 1. The zero-order valence-corrected chi connectivity index (χ0v) is 18.8. The molecule has 0 radical (unpaired) electrons. The second-order valence-electron chi connectivity index (χ2n) is 8.58. The quantitative estimate of drug-likeness (QED) is 0.362. The van der Waals surface area contributed by atoms with Crippen molar-refractivity contribution in [1.29, 1.82) is 0 Å². The highest BCUT2D eigenvalue weighted by atomic mass is 32.2. The molecule has 3 aliphatic rings. The lowest BCUT2D eigenvalue weighted by Crippen LogP contribution is -2.63. The maximum atomic E-state index is 12.7. The van der Waals surface area contributed by atoms with Crippen LogP contribution in [-0.2, 0) is 14.4 Å². The van der Waals surface area contributed by atoms with Crippen molar-refractivity contribution in [3.8, 4) is 0 Å². The molecule has 0 unspecified atom stereocenters. The monoisotopic (exact) mass is 475 g/mol. The van der Waals surface area contributed by atoms with E-state index in [-0.39, 0.29) is 40.3 Å². The number of aromatic carboxylic acids is 1. The lowest BCUT2D eigenvalue weighted by Gasteiger charge is -2.46. The van der Waals surface area contributed by atoms with Crippen molar-refractivity contribution in [3.63, 3.8) is 0 Å². The van der Waals surface area contributed by atoms with Gasteiger partial charge in [-0.25, -0.2) is 9.59 Å². The lowest BCUT2D eigenvalue weighted by atomic mass is 9.79. The summed E-state index contributed by atoms with van der Waals surface area (Å²) in [4.78, 5) is 50.1. The van der Waals surface area contributed by atoms with Crippen molar-refractivity contribution in [2.75, 3.05) is 11.9 Å². The largest absolute Gasteiger partial charge is 0.478 e. The number of aliphatic hydroxyl groups is 1. The molecule has 0 bridgehead atoms. The summed E-state index contributed by atoms with van der Waals surface area (Å²) >= 11 is 1.36. The van der Waals surface area contributed by atoms with Gasteiger partial charge < -0.3 is 30.9 Å². The molecule has 11 heteroatoms.